The topological polar surface area (TPSA) is 0 Å². The van der Waals surface area contributed by atoms with Gasteiger partial charge in [0.2, 0.25) is 0 Å². The first-order valence-corrected chi connectivity index (χ1v) is 7.13. The van der Waals surface area contributed by atoms with Gasteiger partial charge in [-0.05, 0) is 49.1 Å². The second-order valence-electron chi connectivity index (χ2n) is 5.07. The van der Waals surface area contributed by atoms with Gasteiger partial charge in [0.1, 0.15) is 0 Å². The molecule has 0 aliphatic heterocycles. The maximum atomic E-state index is 3.78. The van der Waals surface area contributed by atoms with E-state index in [0.717, 1.165) is 11.2 Å². The molecule has 0 N–H and O–H groups in total. The van der Waals surface area contributed by atoms with E-state index in [0.29, 0.717) is 5.41 Å². The van der Waals surface area contributed by atoms with Gasteiger partial charge in [0.25, 0.3) is 0 Å². The molecule has 0 saturated heterocycles. The van der Waals surface area contributed by atoms with Crippen molar-refractivity contribution < 1.29 is 0 Å². The third-order valence-corrected chi connectivity index (χ3v) is 5.22. The Morgan fingerprint density at radius 2 is 2.07 bits per heavy atom. The van der Waals surface area contributed by atoms with Gasteiger partial charge in [-0.1, -0.05) is 40.2 Å². The highest BCUT2D eigenvalue weighted by Gasteiger charge is 2.47. The number of rotatable bonds is 2. The second kappa shape index (κ2) is 3.62. The van der Waals surface area contributed by atoms with Crippen LogP contribution in [0, 0.1) is 5.92 Å². The molecule has 0 radical (unpaired) electrons. The molecule has 0 aromatic heterocycles. The van der Waals surface area contributed by atoms with E-state index in [4.69, 9.17) is 0 Å². The molecular weight excluding hydrogens is 248 g/mol. The molecule has 0 bridgehead atoms. The summed E-state index contributed by atoms with van der Waals surface area (Å²) in [7, 11) is 0. The first kappa shape index (κ1) is 9.89. The maximum absolute atomic E-state index is 3.78. The molecule has 1 aromatic rings. The van der Waals surface area contributed by atoms with Gasteiger partial charge >= 0.3 is 0 Å². The average Bonchev–Trinajstić information content (AvgIpc) is 3.12. The molecule has 1 unspecified atom stereocenters. The van der Waals surface area contributed by atoms with Crippen LogP contribution < -0.4 is 0 Å². The van der Waals surface area contributed by atoms with Gasteiger partial charge < -0.3 is 0 Å². The molecule has 0 spiro atoms. The molecule has 3 rings (SSSR count). The summed E-state index contributed by atoms with van der Waals surface area (Å²) >= 11 is 3.78. The summed E-state index contributed by atoms with van der Waals surface area (Å²) < 4.78 is 0. The Hall–Kier alpha value is -0.300. The van der Waals surface area contributed by atoms with Crippen molar-refractivity contribution in [1.82, 2.24) is 0 Å². The summed E-state index contributed by atoms with van der Waals surface area (Å²) in [6.45, 7) is 0. The molecule has 80 valence electrons. The number of hydrogen-bond acceptors (Lipinski definition) is 0. The van der Waals surface area contributed by atoms with Crippen LogP contribution in [0.4, 0.5) is 0 Å². The van der Waals surface area contributed by atoms with Crippen molar-refractivity contribution in [2.24, 2.45) is 5.92 Å². The van der Waals surface area contributed by atoms with Crippen molar-refractivity contribution in [1.29, 1.82) is 0 Å². The van der Waals surface area contributed by atoms with Crippen molar-refractivity contribution in [3.05, 3.63) is 35.4 Å². The van der Waals surface area contributed by atoms with E-state index in [2.05, 4.69) is 40.2 Å². The van der Waals surface area contributed by atoms with E-state index in [-0.39, 0.29) is 0 Å². The lowest BCUT2D eigenvalue weighted by Crippen LogP contribution is -2.34. The molecule has 1 heteroatoms. The second-order valence-corrected chi connectivity index (χ2v) is 5.64. The number of aryl methyl sites for hydroxylation is 1. The van der Waals surface area contributed by atoms with E-state index in [1.165, 1.54) is 32.1 Å². The van der Waals surface area contributed by atoms with Crippen LogP contribution >= 0.6 is 15.9 Å². The highest BCUT2D eigenvalue weighted by atomic mass is 79.9. The third-order valence-electron chi connectivity index (χ3n) is 4.22. The average molecular weight is 265 g/mol. The minimum absolute atomic E-state index is 0.481. The third kappa shape index (κ3) is 1.47. The predicted octanol–water partition coefficient (Wildman–Crippen LogP) is 4.07. The van der Waals surface area contributed by atoms with E-state index >= 15 is 0 Å². The normalized spacial score (nSPS) is 29.9. The van der Waals surface area contributed by atoms with Gasteiger partial charge in [0.15, 0.2) is 0 Å². The molecule has 0 nitrogen and oxygen atoms in total. The fraction of sp³-hybridized carbons (Fsp3) is 0.571. The lowest BCUT2D eigenvalue weighted by atomic mass is 9.68. The number of fused-ring (bicyclic) bond motifs is 1. The van der Waals surface area contributed by atoms with E-state index in [1.807, 2.05) is 0 Å². The number of halogens is 1. The molecule has 15 heavy (non-hydrogen) atoms. The van der Waals surface area contributed by atoms with Crippen LogP contribution in [0.15, 0.2) is 24.3 Å². The number of hydrogen-bond donors (Lipinski definition) is 0. The number of alkyl halides is 1. The fourth-order valence-corrected chi connectivity index (χ4v) is 4.30. The van der Waals surface area contributed by atoms with Gasteiger partial charge in [0, 0.05) is 10.7 Å². The van der Waals surface area contributed by atoms with Crippen molar-refractivity contribution >= 4 is 15.9 Å². The highest BCUT2D eigenvalue weighted by molar-refractivity contribution is 9.09. The van der Waals surface area contributed by atoms with E-state index in [9.17, 15) is 0 Å². The predicted molar refractivity (Wildman–Crippen MR) is 67.6 cm³/mol. The van der Waals surface area contributed by atoms with Gasteiger partial charge in [-0.2, -0.15) is 0 Å². The van der Waals surface area contributed by atoms with Crippen LogP contribution in [0.5, 0.6) is 0 Å². The minimum Gasteiger partial charge on any atom is -0.0918 e. The standard InChI is InChI=1S/C14H17Br/c15-10-14(12-7-8-12)9-3-5-11-4-1-2-6-13(11)14/h1-2,4,6,12H,3,5,7-10H2. The molecule has 1 aromatic carbocycles. The highest BCUT2D eigenvalue weighted by Crippen LogP contribution is 2.53. The van der Waals surface area contributed by atoms with Crippen LogP contribution in [0.1, 0.15) is 36.8 Å². The lowest BCUT2D eigenvalue weighted by molar-refractivity contribution is 0.355. The zero-order valence-corrected chi connectivity index (χ0v) is 10.6. The summed E-state index contributed by atoms with van der Waals surface area (Å²) in [6, 6.07) is 9.10. The monoisotopic (exact) mass is 264 g/mol. The largest absolute Gasteiger partial charge is 0.0918 e. The molecule has 1 fully saturated rings. The van der Waals surface area contributed by atoms with Crippen molar-refractivity contribution in [3.8, 4) is 0 Å². The Labute approximate surface area is 100 Å². The summed E-state index contributed by atoms with van der Waals surface area (Å²) in [5, 5.41) is 1.15. The van der Waals surface area contributed by atoms with Crippen molar-refractivity contribution in [2.75, 3.05) is 5.33 Å². The Bertz CT molecular complexity index is 367. The molecule has 0 heterocycles. The summed E-state index contributed by atoms with van der Waals surface area (Å²) in [5.41, 5.74) is 3.74. The van der Waals surface area contributed by atoms with Gasteiger partial charge in [-0.3, -0.25) is 0 Å². The summed E-state index contributed by atoms with van der Waals surface area (Å²) in [6.07, 6.45) is 6.94. The van der Waals surface area contributed by atoms with Gasteiger partial charge in [-0.25, -0.2) is 0 Å². The SMILES string of the molecule is BrCC1(C2CC2)CCCc2ccccc21. The molecule has 2 aliphatic rings. The van der Waals surface area contributed by atoms with Gasteiger partial charge in [0.05, 0.1) is 0 Å². The summed E-state index contributed by atoms with van der Waals surface area (Å²) in [5.74, 6) is 0.957. The van der Waals surface area contributed by atoms with E-state index < -0.39 is 0 Å². The zero-order chi connectivity index (χ0) is 10.3. The molecule has 2 aliphatic carbocycles. The molecular formula is C14H17Br. The first-order chi connectivity index (χ1) is 7.37. The van der Waals surface area contributed by atoms with E-state index in [1.54, 1.807) is 11.1 Å². The Morgan fingerprint density at radius 3 is 2.80 bits per heavy atom. The Morgan fingerprint density at radius 1 is 1.27 bits per heavy atom. The Balaban J connectivity index is 2.10. The minimum atomic E-state index is 0.481. The van der Waals surface area contributed by atoms with Crippen molar-refractivity contribution in [2.45, 2.75) is 37.5 Å². The van der Waals surface area contributed by atoms with Crippen LogP contribution in [-0.4, -0.2) is 5.33 Å². The molecule has 1 saturated carbocycles. The van der Waals surface area contributed by atoms with Crippen LogP contribution in [-0.2, 0) is 11.8 Å². The quantitative estimate of drug-likeness (QED) is 0.707. The lowest BCUT2D eigenvalue weighted by Gasteiger charge is -2.38. The summed E-state index contributed by atoms with van der Waals surface area (Å²) in [4.78, 5) is 0. The number of benzene rings is 1. The molecule has 1 atom stereocenters. The van der Waals surface area contributed by atoms with Crippen LogP contribution in [0.25, 0.3) is 0 Å². The fourth-order valence-electron chi connectivity index (χ4n) is 3.26. The first-order valence-electron chi connectivity index (χ1n) is 6.01. The maximum Gasteiger partial charge on any atom is 0.0131 e. The van der Waals surface area contributed by atoms with Gasteiger partial charge in [-0.15, -0.1) is 0 Å². The Kier molecular flexibility index (Phi) is 2.39. The zero-order valence-electron chi connectivity index (χ0n) is 9.01. The molecule has 0 amide bonds. The van der Waals surface area contributed by atoms with Crippen LogP contribution in [0.3, 0.4) is 0 Å². The smallest absolute Gasteiger partial charge is 0.0131 e. The van der Waals surface area contributed by atoms with Crippen molar-refractivity contribution in [3.63, 3.8) is 0 Å². The van der Waals surface area contributed by atoms with Crippen LogP contribution in [0.2, 0.25) is 0 Å².